The number of cyclic esters (lactones) is 1. The summed E-state index contributed by atoms with van der Waals surface area (Å²) in [6.45, 7) is 2.73. The molecule has 0 spiro atoms. The van der Waals surface area contributed by atoms with Gasteiger partial charge in [-0.3, -0.25) is 4.79 Å². The van der Waals surface area contributed by atoms with Gasteiger partial charge < -0.3 is 14.4 Å². The third kappa shape index (κ3) is 2.24. The first-order valence-electron chi connectivity index (χ1n) is 7.87. The van der Waals surface area contributed by atoms with Crippen molar-refractivity contribution in [2.75, 3.05) is 0 Å². The van der Waals surface area contributed by atoms with Crippen molar-refractivity contribution in [3.05, 3.63) is 35.4 Å². The van der Waals surface area contributed by atoms with E-state index in [2.05, 4.69) is 31.9 Å². The van der Waals surface area contributed by atoms with Gasteiger partial charge >= 0.3 is 11.9 Å². The summed E-state index contributed by atoms with van der Waals surface area (Å²) in [5, 5.41) is -1.25. The van der Waals surface area contributed by atoms with E-state index in [1.807, 2.05) is 0 Å². The van der Waals surface area contributed by atoms with Gasteiger partial charge in [0.05, 0.1) is 5.56 Å². The first kappa shape index (κ1) is 18.9. The fourth-order valence-electron chi connectivity index (χ4n) is 3.64. The van der Waals surface area contributed by atoms with E-state index < -0.39 is 53.4 Å². The van der Waals surface area contributed by atoms with Gasteiger partial charge in [0.15, 0.2) is 18.4 Å². The van der Waals surface area contributed by atoms with Crippen LogP contribution < -0.4 is 0 Å². The minimum atomic E-state index is -3.90. The molecule has 8 nitrogen and oxygen atoms in total. The molecule has 3 aliphatic rings. The van der Waals surface area contributed by atoms with Gasteiger partial charge in [0.25, 0.3) is 12.2 Å². The number of alkyl halides is 2. The van der Waals surface area contributed by atoms with Crippen molar-refractivity contribution >= 4 is 59.5 Å². The molecule has 144 valence electrons. The SMILES string of the molecule is CC1(C)[C@H](C(=O)OC2OC(=O)c3ccccc32)N2C(=O)C(Br)(Br)[C@H]2S1(=O)=O. The second kappa shape index (κ2) is 5.54. The smallest absolute Gasteiger partial charge is 0.342 e. The number of β-lactam (4-membered cyclic amide) rings is 1. The highest BCUT2D eigenvalue weighted by Crippen LogP contribution is 2.57. The van der Waals surface area contributed by atoms with Gasteiger partial charge in [0, 0.05) is 5.56 Å². The summed E-state index contributed by atoms with van der Waals surface area (Å²) in [6, 6.07) is 5.05. The van der Waals surface area contributed by atoms with Crippen molar-refractivity contribution in [2.24, 2.45) is 0 Å². The number of amides is 1. The molecule has 27 heavy (non-hydrogen) atoms. The van der Waals surface area contributed by atoms with Crippen LogP contribution in [0.5, 0.6) is 0 Å². The summed E-state index contributed by atoms with van der Waals surface area (Å²) in [7, 11) is -3.90. The van der Waals surface area contributed by atoms with Crippen molar-refractivity contribution in [3.63, 3.8) is 0 Å². The largest absolute Gasteiger partial charge is 0.419 e. The van der Waals surface area contributed by atoms with Crippen LogP contribution in [0.25, 0.3) is 0 Å². The molecule has 3 heterocycles. The molecular weight excluding hydrogens is 510 g/mol. The van der Waals surface area contributed by atoms with Crippen LogP contribution in [-0.2, 0) is 28.9 Å². The number of nitrogens with zero attached hydrogens (tertiary/aromatic N) is 1. The lowest BCUT2D eigenvalue weighted by atomic mass is 9.98. The Kier molecular flexibility index (Phi) is 3.88. The molecule has 0 aliphatic carbocycles. The summed E-state index contributed by atoms with van der Waals surface area (Å²) >= 11 is 6.17. The average Bonchev–Trinajstić information content (AvgIpc) is 2.97. The molecule has 3 atom stereocenters. The van der Waals surface area contributed by atoms with Crippen LogP contribution in [0.1, 0.15) is 36.1 Å². The maximum Gasteiger partial charge on any atom is 0.342 e. The van der Waals surface area contributed by atoms with E-state index >= 15 is 0 Å². The van der Waals surface area contributed by atoms with Crippen LogP contribution in [0.4, 0.5) is 0 Å². The molecule has 0 saturated carbocycles. The van der Waals surface area contributed by atoms with E-state index in [1.165, 1.54) is 19.9 Å². The Morgan fingerprint density at radius 1 is 1.22 bits per heavy atom. The summed E-state index contributed by atoms with van der Waals surface area (Å²) in [4.78, 5) is 38.2. The Hall–Kier alpha value is -1.46. The standard InChI is InChI=1S/C16H13Br2NO7S/c1-15(2)9(19-13(22)16(17,18)14(19)27(15,23)24)11(21)26-12-8-6-4-3-5-7(8)10(20)25-12/h3-6,9,12,14H,1-2H3/t9-,12?,14+/m0/s1. The molecule has 0 aromatic heterocycles. The Bertz CT molecular complexity index is 1000. The number of ether oxygens (including phenoxy) is 2. The number of carbonyl (C=O) groups is 3. The molecule has 0 N–H and O–H groups in total. The molecule has 1 unspecified atom stereocenters. The highest BCUT2D eigenvalue weighted by atomic mass is 79.9. The summed E-state index contributed by atoms with van der Waals surface area (Å²) in [5.74, 6) is -2.18. The van der Waals surface area contributed by atoms with Gasteiger partial charge in [-0.05, 0) is 19.9 Å². The summed E-state index contributed by atoms with van der Waals surface area (Å²) in [5.41, 5.74) is 0.641. The number of carbonyl (C=O) groups excluding carboxylic acids is 3. The molecule has 1 aromatic rings. The maximum absolute atomic E-state index is 12.9. The van der Waals surface area contributed by atoms with Gasteiger partial charge in [-0.25, -0.2) is 18.0 Å². The monoisotopic (exact) mass is 521 g/mol. The van der Waals surface area contributed by atoms with Gasteiger partial charge in [0.1, 0.15) is 10.8 Å². The van der Waals surface area contributed by atoms with E-state index in [1.54, 1.807) is 18.2 Å². The molecule has 11 heteroatoms. The lowest BCUT2D eigenvalue weighted by molar-refractivity contribution is -0.179. The number of benzene rings is 1. The minimum Gasteiger partial charge on any atom is -0.419 e. The predicted octanol–water partition coefficient (Wildman–Crippen LogP) is 1.63. The first-order chi connectivity index (χ1) is 12.4. The first-order valence-corrected chi connectivity index (χ1v) is 11.0. The van der Waals surface area contributed by atoms with Crippen molar-refractivity contribution in [1.29, 1.82) is 0 Å². The summed E-state index contributed by atoms with van der Waals surface area (Å²) in [6.07, 6.45) is -1.28. The van der Waals surface area contributed by atoms with Crippen LogP contribution in [0.3, 0.4) is 0 Å². The second-order valence-electron chi connectivity index (χ2n) is 7.00. The quantitative estimate of drug-likeness (QED) is 0.330. The van der Waals surface area contributed by atoms with Crippen LogP contribution in [0.2, 0.25) is 0 Å². The van der Waals surface area contributed by atoms with Crippen LogP contribution in [-0.4, -0.2) is 50.6 Å². The van der Waals surface area contributed by atoms with Gasteiger partial charge in [-0.1, -0.05) is 50.1 Å². The Morgan fingerprint density at radius 3 is 2.52 bits per heavy atom. The number of hydrogen-bond acceptors (Lipinski definition) is 7. The maximum atomic E-state index is 12.9. The number of halogens is 2. The molecular formula is C16H13Br2NO7S. The number of fused-ring (bicyclic) bond motifs is 2. The molecule has 2 saturated heterocycles. The molecule has 0 bridgehead atoms. The van der Waals surface area contributed by atoms with Crippen molar-refractivity contribution in [2.45, 2.75) is 39.5 Å². The highest BCUT2D eigenvalue weighted by Gasteiger charge is 2.77. The molecule has 0 radical (unpaired) electrons. The zero-order valence-electron chi connectivity index (χ0n) is 14.0. The zero-order valence-corrected chi connectivity index (χ0v) is 18.0. The number of hydrogen-bond donors (Lipinski definition) is 0. The van der Waals surface area contributed by atoms with E-state index in [0.29, 0.717) is 5.56 Å². The fourth-order valence-corrected chi connectivity index (χ4v) is 8.07. The van der Waals surface area contributed by atoms with Crippen LogP contribution in [0, 0.1) is 0 Å². The van der Waals surface area contributed by atoms with Gasteiger partial charge in [-0.15, -0.1) is 0 Å². The molecule has 3 aliphatic heterocycles. The third-order valence-electron chi connectivity index (χ3n) is 5.14. The van der Waals surface area contributed by atoms with Gasteiger partial charge in [-0.2, -0.15) is 0 Å². The third-order valence-corrected chi connectivity index (χ3v) is 10.2. The fraction of sp³-hybridized carbons (Fsp3) is 0.438. The topological polar surface area (TPSA) is 107 Å². The number of esters is 2. The molecule has 4 rings (SSSR count). The lowest BCUT2D eigenvalue weighted by Gasteiger charge is -2.45. The normalized spacial score (nSPS) is 31.6. The Morgan fingerprint density at radius 2 is 1.85 bits per heavy atom. The number of rotatable bonds is 2. The number of sulfone groups is 1. The van der Waals surface area contributed by atoms with E-state index in [0.717, 1.165) is 4.90 Å². The lowest BCUT2D eigenvalue weighted by Crippen LogP contribution is -2.69. The van der Waals surface area contributed by atoms with Crippen molar-refractivity contribution in [3.8, 4) is 0 Å². The van der Waals surface area contributed by atoms with Gasteiger partial charge in [0.2, 0.25) is 0 Å². The van der Waals surface area contributed by atoms with E-state index in [9.17, 15) is 22.8 Å². The Balaban J connectivity index is 1.67. The van der Waals surface area contributed by atoms with Crippen molar-refractivity contribution < 1.29 is 32.3 Å². The molecule has 2 fully saturated rings. The van der Waals surface area contributed by atoms with Crippen LogP contribution >= 0.6 is 31.9 Å². The van der Waals surface area contributed by atoms with Crippen LogP contribution in [0.15, 0.2) is 24.3 Å². The summed E-state index contributed by atoms with van der Waals surface area (Å²) < 4.78 is 33.1. The van der Waals surface area contributed by atoms with E-state index in [-0.39, 0.29) is 5.56 Å². The highest BCUT2D eigenvalue weighted by molar-refractivity contribution is 9.26. The molecule has 1 aromatic carbocycles. The van der Waals surface area contributed by atoms with E-state index in [4.69, 9.17) is 9.47 Å². The average molecular weight is 523 g/mol. The van der Waals surface area contributed by atoms with Crippen molar-refractivity contribution in [1.82, 2.24) is 4.90 Å². The Labute approximate surface area is 171 Å². The predicted molar refractivity (Wildman–Crippen MR) is 98.7 cm³/mol. The second-order valence-corrected chi connectivity index (χ2v) is 13.2. The zero-order chi connectivity index (χ0) is 19.9. The molecule has 1 amide bonds. The minimum absolute atomic E-state index is 0.270.